The van der Waals surface area contributed by atoms with Gasteiger partial charge >= 0.3 is 0 Å². The molecule has 0 radical (unpaired) electrons. The molecule has 0 aliphatic heterocycles. The molecule has 0 aliphatic carbocycles. The van der Waals surface area contributed by atoms with Gasteiger partial charge in [-0.05, 0) is 50.6 Å². The van der Waals surface area contributed by atoms with Gasteiger partial charge in [-0.25, -0.2) is 12.8 Å². The molecule has 2 rings (SSSR count). The highest BCUT2D eigenvalue weighted by Gasteiger charge is 2.31. The molecule has 0 aliphatic rings. The van der Waals surface area contributed by atoms with E-state index in [0.29, 0.717) is 22.0 Å². The first-order valence-electron chi connectivity index (χ1n) is 10.6. The Balaban J connectivity index is 2.45. The van der Waals surface area contributed by atoms with Crippen LogP contribution in [0.5, 0.6) is 0 Å². The van der Waals surface area contributed by atoms with E-state index in [1.807, 2.05) is 13.8 Å². The van der Waals surface area contributed by atoms with E-state index < -0.39 is 40.2 Å². The van der Waals surface area contributed by atoms with Gasteiger partial charge in [0.15, 0.2) is 0 Å². The Kier molecular flexibility index (Phi) is 9.73. The summed E-state index contributed by atoms with van der Waals surface area (Å²) in [6, 6.07) is 8.66. The van der Waals surface area contributed by atoms with Gasteiger partial charge in [0.05, 0.1) is 11.9 Å². The van der Waals surface area contributed by atoms with Crippen molar-refractivity contribution in [2.75, 3.05) is 17.1 Å². The summed E-state index contributed by atoms with van der Waals surface area (Å²) in [5.41, 5.74) is 0.405. The van der Waals surface area contributed by atoms with Crippen LogP contribution in [0.1, 0.15) is 32.8 Å². The maximum Gasteiger partial charge on any atom is 0.244 e. The topological polar surface area (TPSA) is 86.8 Å². The quantitative estimate of drug-likeness (QED) is 0.496. The van der Waals surface area contributed by atoms with Crippen molar-refractivity contribution in [2.24, 2.45) is 0 Å². The molecule has 2 atom stereocenters. The number of benzene rings is 2. The van der Waals surface area contributed by atoms with Gasteiger partial charge in [-0.3, -0.25) is 13.9 Å². The van der Waals surface area contributed by atoms with Gasteiger partial charge in [0, 0.05) is 28.2 Å². The van der Waals surface area contributed by atoms with Crippen molar-refractivity contribution in [2.45, 2.75) is 45.8 Å². The number of nitrogens with one attached hydrogen (secondary N) is 1. The van der Waals surface area contributed by atoms with Gasteiger partial charge in [0.25, 0.3) is 0 Å². The van der Waals surface area contributed by atoms with Crippen molar-refractivity contribution in [3.8, 4) is 0 Å². The van der Waals surface area contributed by atoms with Crippen LogP contribution >= 0.6 is 23.2 Å². The summed E-state index contributed by atoms with van der Waals surface area (Å²) in [5.74, 6) is -1.75. The average Bonchev–Trinajstić information content (AvgIpc) is 2.75. The summed E-state index contributed by atoms with van der Waals surface area (Å²) in [7, 11) is -3.95. The summed E-state index contributed by atoms with van der Waals surface area (Å²) in [6.07, 6.45) is 1.60. The number of carbonyl (C=O) groups is 2. The number of hydrogen-bond donors (Lipinski definition) is 1. The molecule has 2 aromatic rings. The lowest BCUT2D eigenvalue weighted by Crippen LogP contribution is -2.52. The van der Waals surface area contributed by atoms with Crippen LogP contribution in [0.4, 0.5) is 10.1 Å². The van der Waals surface area contributed by atoms with Crippen LogP contribution in [-0.2, 0) is 26.2 Å². The number of anilines is 1. The van der Waals surface area contributed by atoms with Gasteiger partial charge in [-0.2, -0.15) is 0 Å². The fourth-order valence-electron chi connectivity index (χ4n) is 3.15. The molecule has 1 N–H and O–H groups in total. The van der Waals surface area contributed by atoms with Gasteiger partial charge in [-0.1, -0.05) is 42.3 Å². The van der Waals surface area contributed by atoms with Crippen molar-refractivity contribution < 1.29 is 22.4 Å². The van der Waals surface area contributed by atoms with Crippen molar-refractivity contribution in [3.05, 3.63) is 63.9 Å². The lowest BCUT2D eigenvalue weighted by molar-refractivity contribution is -0.139. The predicted molar refractivity (Wildman–Crippen MR) is 133 cm³/mol. The van der Waals surface area contributed by atoms with Crippen molar-refractivity contribution in [1.82, 2.24) is 10.2 Å². The summed E-state index contributed by atoms with van der Waals surface area (Å²) >= 11 is 12.6. The highest BCUT2D eigenvalue weighted by atomic mass is 35.5. The van der Waals surface area contributed by atoms with Gasteiger partial charge in [0.1, 0.15) is 18.4 Å². The number of rotatable bonds is 10. The zero-order valence-corrected chi connectivity index (χ0v) is 21.7. The van der Waals surface area contributed by atoms with Crippen LogP contribution in [0.15, 0.2) is 42.5 Å². The maximum atomic E-state index is 13.8. The second-order valence-corrected chi connectivity index (χ2v) is 10.7. The van der Waals surface area contributed by atoms with Gasteiger partial charge < -0.3 is 10.2 Å². The van der Waals surface area contributed by atoms with E-state index in [-0.39, 0.29) is 18.3 Å². The minimum atomic E-state index is -3.95. The van der Waals surface area contributed by atoms with Gasteiger partial charge in [0.2, 0.25) is 21.8 Å². The lowest BCUT2D eigenvalue weighted by Gasteiger charge is -2.32. The fraction of sp³-hybridized carbons (Fsp3) is 0.391. The Morgan fingerprint density at radius 2 is 1.68 bits per heavy atom. The minimum absolute atomic E-state index is 0.0108. The maximum absolute atomic E-state index is 13.8. The second kappa shape index (κ2) is 11.9. The summed E-state index contributed by atoms with van der Waals surface area (Å²) in [6.45, 7) is 4.49. The molecule has 0 spiro atoms. The Morgan fingerprint density at radius 3 is 2.21 bits per heavy atom. The van der Waals surface area contributed by atoms with E-state index in [4.69, 9.17) is 23.2 Å². The van der Waals surface area contributed by atoms with Crippen molar-refractivity contribution in [1.29, 1.82) is 0 Å². The standard InChI is InChI=1S/C23H28Cl2FN3O4S/c1-5-15(2)27-23(31)16(3)28(13-19-20(24)10-7-11-21(19)25)22(30)14-29(34(4,32)33)18-9-6-8-17(26)12-18/h6-12,15-16H,5,13-14H2,1-4H3,(H,27,31). The van der Waals surface area contributed by atoms with E-state index in [9.17, 15) is 22.4 Å². The van der Waals surface area contributed by atoms with Crippen LogP contribution in [0.25, 0.3) is 0 Å². The molecule has 7 nitrogen and oxygen atoms in total. The number of halogens is 3. The van der Waals surface area contributed by atoms with Crippen LogP contribution in [0.3, 0.4) is 0 Å². The van der Waals surface area contributed by atoms with Crippen LogP contribution in [0, 0.1) is 5.82 Å². The smallest absolute Gasteiger partial charge is 0.244 e. The molecule has 0 saturated heterocycles. The van der Waals surface area contributed by atoms with E-state index in [0.717, 1.165) is 16.6 Å². The largest absolute Gasteiger partial charge is 0.352 e. The summed E-state index contributed by atoms with van der Waals surface area (Å²) in [5, 5.41) is 3.41. The molecule has 11 heteroatoms. The Morgan fingerprint density at radius 1 is 1.09 bits per heavy atom. The molecule has 2 aromatic carbocycles. The summed E-state index contributed by atoms with van der Waals surface area (Å²) in [4.78, 5) is 27.5. The number of amides is 2. The SMILES string of the molecule is CCC(C)NC(=O)C(C)N(Cc1c(Cl)cccc1Cl)C(=O)CN(c1cccc(F)c1)S(C)(=O)=O. The Labute approximate surface area is 209 Å². The van der Waals surface area contributed by atoms with E-state index >= 15 is 0 Å². The predicted octanol–water partition coefficient (Wildman–Crippen LogP) is 4.23. The first-order chi connectivity index (χ1) is 15.8. The van der Waals surface area contributed by atoms with Crippen molar-refractivity contribution in [3.63, 3.8) is 0 Å². The van der Waals surface area contributed by atoms with Gasteiger partial charge in [-0.15, -0.1) is 0 Å². The normalized spacial score (nSPS) is 13.1. The summed E-state index contributed by atoms with van der Waals surface area (Å²) < 4.78 is 39.5. The highest BCUT2D eigenvalue weighted by molar-refractivity contribution is 7.92. The van der Waals surface area contributed by atoms with Crippen LogP contribution < -0.4 is 9.62 Å². The van der Waals surface area contributed by atoms with Crippen molar-refractivity contribution >= 4 is 50.7 Å². The molecule has 0 heterocycles. The zero-order valence-electron chi connectivity index (χ0n) is 19.4. The first kappa shape index (κ1) is 27.9. The van der Waals surface area contributed by atoms with Crippen LogP contribution in [0.2, 0.25) is 10.0 Å². The fourth-order valence-corrected chi connectivity index (χ4v) is 4.51. The third-order valence-corrected chi connectivity index (χ3v) is 7.18. The molecule has 0 saturated carbocycles. The monoisotopic (exact) mass is 531 g/mol. The number of sulfonamides is 1. The van der Waals surface area contributed by atoms with Crippen LogP contribution in [-0.4, -0.2) is 50.0 Å². The molecule has 186 valence electrons. The molecule has 0 fully saturated rings. The second-order valence-electron chi connectivity index (χ2n) is 7.97. The zero-order chi connectivity index (χ0) is 25.6. The van der Waals surface area contributed by atoms with E-state index in [1.54, 1.807) is 18.2 Å². The van der Waals surface area contributed by atoms with E-state index in [2.05, 4.69) is 5.32 Å². The van der Waals surface area contributed by atoms with E-state index in [1.165, 1.54) is 30.0 Å². The highest BCUT2D eigenvalue weighted by Crippen LogP contribution is 2.27. The molecule has 2 amide bonds. The third-order valence-electron chi connectivity index (χ3n) is 5.33. The number of carbonyl (C=O) groups excluding carboxylic acids is 2. The first-order valence-corrected chi connectivity index (χ1v) is 13.2. The molecule has 0 bridgehead atoms. The molecule has 34 heavy (non-hydrogen) atoms. The molecular weight excluding hydrogens is 504 g/mol. The Hall–Kier alpha value is -2.36. The molecular formula is C23H28Cl2FN3O4S. The Bertz CT molecular complexity index is 1130. The number of hydrogen-bond acceptors (Lipinski definition) is 4. The molecule has 0 aromatic heterocycles. The number of nitrogens with zero attached hydrogens (tertiary/aromatic N) is 2. The lowest BCUT2D eigenvalue weighted by atomic mass is 10.1. The minimum Gasteiger partial charge on any atom is -0.352 e. The third kappa shape index (κ3) is 7.32. The molecule has 2 unspecified atom stereocenters. The average molecular weight is 532 g/mol.